The van der Waals surface area contributed by atoms with E-state index in [1.54, 1.807) is 28.9 Å². The third kappa shape index (κ3) is 3.94. The largest absolute Gasteiger partial charge is 0.486 e. The van der Waals surface area contributed by atoms with E-state index in [-0.39, 0.29) is 17.2 Å². The predicted molar refractivity (Wildman–Crippen MR) is 109 cm³/mol. The van der Waals surface area contributed by atoms with Crippen molar-refractivity contribution in [3.63, 3.8) is 0 Å². The Labute approximate surface area is 173 Å². The molecule has 1 aliphatic rings. The van der Waals surface area contributed by atoms with Crippen LogP contribution in [-0.4, -0.2) is 60.9 Å². The third-order valence-corrected chi connectivity index (χ3v) is 6.45. The second-order valence-electron chi connectivity index (χ2n) is 6.91. The van der Waals surface area contributed by atoms with Gasteiger partial charge in [0.25, 0.3) is 0 Å². The summed E-state index contributed by atoms with van der Waals surface area (Å²) in [6.45, 7) is 1.28. The van der Waals surface area contributed by atoms with Gasteiger partial charge in [0.15, 0.2) is 11.5 Å². The van der Waals surface area contributed by atoms with Gasteiger partial charge in [-0.05, 0) is 30.3 Å². The highest BCUT2D eigenvalue weighted by molar-refractivity contribution is 7.89. The van der Waals surface area contributed by atoms with Crippen LogP contribution in [-0.2, 0) is 21.4 Å². The van der Waals surface area contributed by atoms with Crippen molar-refractivity contribution in [2.24, 2.45) is 0 Å². The molecule has 10 nitrogen and oxygen atoms in total. The summed E-state index contributed by atoms with van der Waals surface area (Å²) in [5, 5.41) is 10.9. The van der Waals surface area contributed by atoms with Crippen LogP contribution in [0.25, 0.3) is 11.0 Å². The Bertz CT molecular complexity index is 1210. The number of benzene rings is 2. The van der Waals surface area contributed by atoms with Gasteiger partial charge in [0.05, 0.1) is 17.0 Å². The number of ether oxygens (including phenoxy) is 2. The van der Waals surface area contributed by atoms with Gasteiger partial charge in [-0.15, -0.1) is 5.10 Å². The van der Waals surface area contributed by atoms with E-state index >= 15 is 0 Å². The normalized spacial score (nSPS) is 13.6. The number of aromatic nitrogens is 3. The van der Waals surface area contributed by atoms with E-state index in [0.29, 0.717) is 48.0 Å². The summed E-state index contributed by atoms with van der Waals surface area (Å²) >= 11 is 0. The van der Waals surface area contributed by atoms with Crippen LogP contribution in [0.4, 0.5) is 5.69 Å². The molecule has 2 heterocycles. The molecule has 1 aliphatic heterocycles. The van der Waals surface area contributed by atoms with E-state index in [9.17, 15) is 13.2 Å². The molecule has 0 bridgehead atoms. The quantitative estimate of drug-likeness (QED) is 0.628. The van der Waals surface area contributed by atoms with E-state index < -0.39 is 10.0 Å². The number of fused-ring (bicyclic) bond motifs is 2. The predicted octanol–water partition coefficient (Wildman–Crippen LogP) is 1.48. The van der Waals surface area contributed by atoms with Crippen LogP contribution in [0, 0.1) is 0 Å². The summed E-state index contributed by atoms with van der Waals surface area (Å²) in [6, 6.07) is 9.86. The molecule has 0 unspecified atom stereocenters. The molecule has 4 rings (SSSR count). The summed E-state index contributed by atoms with van der Waals surface area (Å²) < 4.78 is 38.2. The minimum atomic E-state index is -3.55. The molecule has 1 amide bonds. The molecule has 1 aromatic heterocycles. The number of anilines is 1. The number of hydrogen-bond donors (Lipinski definition) is 1. The molecule has 0 saturated carbocycles. The summed E-state index contributed by atoms with van der Waals surface area (Å²) in [6.07, 6.45) is 0.171. The van der Waals surface area contributed by atoms with Crippen LogP contribution >= 0.6 is 0 Å². The minimum absolute atomic E-state index is 0.142. The summed E-state index contributed by atoms with van der Waals surface area (Å²) in [4.78, 5) is 12.5. The Morgan fingerprint density at radius 2 is 1.90 bits per heavy atom. The highest BCUT2D eigenvalue weighted by atomic mass is 32.2. The second-order valence-corrected chi connectivity index (χ2v) is 9.06. The van der Waals surface area contributed by atoms with Crippen LogP contribution in [0.5, 0.6) is 11.5 Å². The third-order valence-electron chi connectivity index (χ3n) is 4.64. The summed E-state index contributed by atoms with van der Waals surface area (Å²) in [5.74, 6) is 1.07. The van der Waals surface area contributed by atoms with Gasteiger partial charge in [-0.3, -0.25) is 4.79 Å². The lowest BCUT2D eigenvalue weighted by molar-refractivity contribution is -0.116. The number of sulfonamides is 1. The van der Waals surface area contributed by atoms with Crippen LogP contribution < -0.4 is 14.8 Å². The van der Waals surface area contributed by atoms with Gasteiger partial charge in [0, 0.05) is 32.3 Å². The monoisotopic (exact) mass is 431 g/mol. The fourth-order valence-corrected chi connectivity index (χ4v) is 3.96. The van der Waals surface area contributed by atoms with Crippen molar-refractivity contribution in [1.29, 1.82) is 0 Å². The number of nitrogens with one attached hydrogen (secondary N) is 1. The number of amides is 1. The van der Waals surface area contributed by atoms with Crippen LogP contribution in [0.2, 0.25) is 0 Å². The lowest BCUT2D eigenvalue weighted by Gasteiger charge is -2.19. The maximum absolute atomic E-state index is 12.3. The van der Waals surface area contributed by atoms with Crippen molar-refractivity contribution in [3.05, 3.63) is 36.4 Å². The van der Waals surface area contributed by atoms with Gasteiger partial charge < -0.3 is 14.8 Å². The standard InChI is InChI=1S/C19H21N5O5S/c1-23(2)30(26,27)14-4-5-16-15(12-14)21-22-24(16)8-7-19(25)20-13-3-6-17-18(11-13)29-10-9-28-17/h3-6,11-12H,7-10H2,1-2H3,(H,20,25). The maximum atomic E-state index is 12.3. The number of carbonyl (C=O) groups excluding carboxylic acids is 1. The Balaban J connectivity index is 1.43. The van der Waals surface area contributed by atoms with E-state index in [1.165, 1.54) is 26.2 Å². The number of nitrogens with zero attached hydrogens (tertiary/aromatic N) is 4. The molecule has 30 heavy (non-hydrogen) atoms. The second kappa shape index (κ2) is 7.92. The van der Waals surface area contributed by atoms with Crippen molar-refractivity contribution in [3.8, 4) is 11.5 Å². The van der Waals surface area contributed by atoms with Crippen molar-refractivity contribution >= 4 is 32.7 Å². The Hall–Kier alpha value is -3.18. The molecule has 2 aromatic carbocycles. The molecule has 0 radical (unpaired) electrons. The van der Waals surface area contributed by atoms with Crippen molar-refractivity contribution in [2.75, 3.05) is 32.6 Å². The SMILES string of the molecule is CN(C)S(=O)(=O)c1ccc2c(c1)nnn2CCC(=O)Nc1ccc2c(c1)OCCO2. The average molecular weight is 431 g/mol. The van der Waals surface area contributed by atoms with E-state index in [0.717, 1.165) is 4.31 Å². The summed E-state index contributed by atoms with van der Waals surface area (Å²) in [5.41, 5.74) is 1.72. The Kier molecular flexibility index (Phi) is 5.31. The molecule has 3 aromatic rings. The topological polar surface area (TPSA) is 116 Å². The maximum Gasteiger partial charge on any atom is 0.242 e. The molecular formula is C19H21N5O5S. The van der Waals surface area contributed by atoms with Gasteiger partial charge in [-0.25, -0.2) is 17.4 Å². The highest BCUT2D eigenvalue weighted by Crippen LogP contribution is 2.32. The van der Waals surface area contributed by atoms with Gasteiger partial charge in [-0.1, -0.05) is 5.21 Å². The summed E-state index contributed by atoms with van der Waals surface area (Å²) in [7, 11) is -0.615. The zero-order valence-corrected chi connectivity index (χ0v) is 17.3. The first kappa shape index (κ1) is 20.1. The molecule has 0 spiro atoms. The van der Waals surface area contributed by atoms with Crippen molar-refractivity contribution in [1.82, 2.24) is 19.3 Å². The molecule has 0 saturated heterocycles. The first-order valence-corrected chi connectivity index (χ1v) is 10.7. The molecule has 1 N–H and O–H groups in total. The number of rotatable bonds is 6. The molecule has 0 aliphatic carbocycles. The van der Waals surface area contributed by atoms with Gasteiger partial charge in [-0.2, -0.15) is 0 Å². The van der Waals surface area contributed by atoms with E-state index in [2.05, 4.69) is 15.6 Å². The van der Waals surface area contributed by atoms with Crippen LogP contribution in [0.15, 0.2) is 41.3 Å². The molecule has 11 heteroatoms. The smallest absolute Gasteiger partial charge is 0.242 e. The Morgan fingerprint density at radius 1 is 1.13 bits per heavy atom. The average Bonchev–Trinajstić information content (AvgIpc) is 3.14. The van der Waals surface area contributed by atoms with Crippen molar-refractivity contribution < 1.29 is 22.7 Å². The van der Waals surface area contributed by atoms with Crippen molar-refractivity contribution in [2.45, 2.75) is 17.9 Å². The number of carbonyl (C=O) groups is 1. The minimum Gasteiger partial charge on any atom is -0.486 e. The number of aryl methyl sites for hydroxylation is 1. The van der Waals surface area contributed by atoms with Gasteiger partial charge >= 0.3 is 0 Å². The Morgan fingerprint density at radius 3 is 2.67 bits per heavy atom. The lowest BCUT2D eigenvalue weighted by Crippen LogP contribution is -2.22. The van der Waals surface area contributed by atoms with E-state index in [1.807, 2.05) is 0 Å². The number of hydrogen-bond acceptors (Lipinski definition) is 7. The van der Waals surface area contributed by atoms with Crippen LogP contribution in [0.1, 0.15) is 6.42 Å². The molecular weight excluding hydrogens is 410 g/mol. The molecule has 0 fully saturated rings. The fraction of sp³-hybridized carbons (Fsp3) is 0.316. The first-order valence-electron chi connectivity index (χ1n) is 9.30. The molecule has 0 atom stereocenters. The molecule has 158 valence electrons. The van der Waals surface area contributed by atoms with Crippen LogP contribution in [0.3, 0.4) is 0 Å². The zero-order chi connectivity index (χ0) is 21.3. The zero-order valence-electron chi connectivity index (χ0n) is 16.5. The fourth-order valence-electron chi connectivity index (χ4n) is 3.04. The lowest BCUT2D eigenvalue weighted by atomic mass is 10.2. The van der Waals surface area contributed by atoms with Gasteiger partial charge in [0.1, 0.15) is 18.7 Å². The highest BCUT2D eigenvalue weighted by Gasteiger charge is 2.19. The first-order chi connectivity index (χ1) is 14.3. The van der Waals surface area contributed by atoms with E-state index in [4.69, 9.17) is 9.47 Å². The van der Waals surface area contributed by atoms with Gasteiger partial charge in [0.2, 0.25) is 15.9 Å².